The Bertz CT molecular complexity index is 1200. The molecular formula is C23H28N4O3. The van der Waals surface area contributed by atoms with Crippen LogP contribution in [0.15, 0.2) is 45.1 Å². The molecule has 1 N–H and O–H groups in total. The molecule has 0 spiro atoms. The van der Waals surface area contributed by atoms with Crippen molar-refractivity contribution < 1.29 is 4.79 Å². The van der Waals surface area contributed by atoms with Gasteiger partial charge in [-0.1, -0.05) is 26.0 Å². The van der Waals surface area contributed by atoms with Gasteiger partial charge in [0.15, 0.2) is 5.78 Å². The lowest BCUT2D eigenvalue weighted by molar-refractivity contribution is -0.118. The van der Waals surface area contributed by atoms with Gasteiger partial charge in [-0.25, -0.2) is 4.79 Å². The van der Waals surface area contributed by atoms with E-state index in [0.29, 0.717) is 29.8 Å². The van der Waals surface area contributed by atoms with E-state index in [0.717, 1.165) is 21.5 Å². The van der Waals surface area contributed by atoms with Crippen molar-refractivity contribution in [1.82, 2.24) is 9.13 Å². The zero-order chi connectivity index (χ0) is 22.0. The first-order valence-corrected chi connectivity index (χ1v) is 10.1. The van der Waals surface area contributed by atoms with Crippen LogP contribution in [0.3, 0.4) is 0 Å². The van der Waals surface area contributed by atoms with E-state index in [4.69, 9.17) is 0 Å². The van der Waals surface area contributed by atoms with Crippen LogP contribution in [0.2, 0.25) is 0 Å². The smallest absolute Gasteiger partial charge is 0.332 e. The number of Topliss-reactive ketones (excluding diaryl/α,β-unsaturated/α-hetero) is 1. The fraction of sp³-hybridized carbons (Fsp3) is 0.435. The zero-order valence-electron chi connectivity index (χ0n) is 18.4. The molecule has 0 bridgehead atoms. The van der Waals surface area contributed by atoms with Crippen LogP contribution in [0.1, 0.15) is 43.7 Å². The molecule has 2 heterocycles. The molecule has 1 aliphatic heterocycles. The van der Waals surface area contributed by atoms with Gasteiger partial charge in [-0.2, -0.15) is 0 Å². The second-order valence-corrected chi connectivity index (χ2v) is 9.35. The van der Waals surface area contributed by atoms with Gasteiger partial charge in [-0.05, 0) is 29.5 Å². The van der Waals surface area contributed by atoms with Gasteiger partial charge in [0.2, 0.25) is 0 Å². The third-order valence-electron chi connectivity index (χ3n) is 6.21. The highest BCUT2D eigenvalue weighted by Gasteiger charge is 2.42. The molecule has 30 heavy (non-hydrogen) atoms. The Morgan fingerprint density at radius 1 is 1.00 bits per heavy atom. The van der Waals surface area contributed by atoms with Crippen LogP contribution in [0, 0.1) is 5.41 Å². The maximum absolute atomic E-state index is 13.3. The number of aromatic nitrogens is 2. The molecule has 0 saturated heterocycles. The highest BCUT2D eigenvalue weighted by molar-refractivity contribution is 6.01. The van der Waals surface area contributed by atoms with E-state index < -0.39 is 11.6 Å². The quantitative estimate of drug-likeness (QED) is 0.826. The van der Waals surface area contributed by atoms with Crippen LogP contribution in [-0.2, 0) is 18.9 Å². The van der Waals surface area contributed by atoms with Gasteiger partial charge >= 0.3 is 5.69 Å². The number of fused-ring (bicyclic) bond motifs is 1. The molecule has 1 aromatic carbocycles. The van der Waals surface area contributed by atoms with E-state index >= 15 is 0 Å². The van der Waals surface area contributed by atoms with E-state index in [1.807, 2.05) is 43.3 Å². The summed E-state index contributed by atoms with van der Waals surface area (Å²) in [4.78, 5) is 41.1. The minimum atomic E-state index is -0.499. The summed E-state index contributed by atoms with van der Waals surface area (Å²) in [5.41, 5.74) is 2.88. The highest BCUT2D eigenvalue weighted by atomic mass is 16.2. The Morgan fingerprint density at radius 2 is 1.63 bits per heavy atom. The third kappa shape index (κ3) is 3.00. The third-order valence-corrected chi connectivity index (χ3v) is 6.21. The summed E-state index contributed by atoms with van der Waals surface area (Å²) in [6.45, 7) is 4.13. The lowest BCUT2D eigenvalue weighted by Crippen LogP contribution is -2.45. The molecule has 0 unspecified atom stereocenters. The van der Waals surface area contributed by atoms with Crippen molar-refractivity contribution in [2.45, 2.75) is 32.6 Å². The molecule has 2 aliphatic rings. The van der Waals surface area contributed by atoms with Gasteiger partial charge in [0.1, 0.15) is 5.82 Å². The molecule has 0 fully saturated rings. The van der Waals surface area contributed by atoms with Gasteiger partial charge in [-0.15, -0.1) is 0 Å². The Morgan fingerprint density at radius 3 is 2.23 bits per heavy atom. The molecule has 7 heteroatoms. The summed E-state index contributed by atoms with van der Waals surface area (Å²) in [7, 11) is 7.06. The lowest BCUT2D eigenvalue weighted by Gasteiger charge is -2.39. The first-order valence-electron chi connectivity index (χ1n) is 10.1. The van der Waals surface area contributed by atoms with Crippen LogP contribution in [0.25, 0.3) is 0 Å². The number of carbonyl (C=O) groups is 1. The zero-order valence-corrected chi connectivity index (χ0v) is 18.4. The fourth-order valence-electron chi connectivity index (χ4n) is 4.65. The number of ketones is 1. The van der Waals surface area contributed by atoms with Crippen LogP contribution >= 0.6 is 0 Å². The minimum Gasteiger partial charge on any atom is -0.378 e. The average Bonchev–Trinajstić information content (AvgIpc) is 2.68. The molecule has 7 nitrogen and oxygen atoms in total. The van der Waals surface area contributed by atoms with E-state index in [2.05, 4.69) is 19.2 Å². The van der Waals surface area contributed by atoms with Crippen molar-refractivity contribution in [2.75, 3.05) is 24.3 Å². The van der Waals surface area contributed by atoms with Gasteiger partial charge in [-0.3, -0.25) is 18.7 Å². The Hall–Kier alpha value is -3.09. The predicted molar refractivity (Wildman–Crippen MR) is 118 cm³/mol. The Balaban J connectivity index is 2.02. The topological polar surface area (TPSA) is 76.3 Å². The van der Waals surface area contributed by atoms with E-state index in [-0.39, 0.29) is 16.8 Å². The molecule has 1 aliphatic carbocycles. The maximum atomic E-state index is 13.3. The van der Waals surface area contributed by atoms with E-state index in [9.17, 15) is 14.4 Å². The summed E-state index contributed by atoms with van der Waals surface area (Å²) >= 11 is 0. The summed E-state index contributed by atoms with van der Waals surface area (Å²) in [6, 6.07) is 7.91. The van der Waals surface area contributed by atoms with Crippen LogP contribution in [0.4, 0.5) is 11.5 Å². The van der Waals surface area contributed by atoms with Crippen molar-refractivity contribution in [3.63, 3.8) is 0 Å². The van der Waals surface area contributed by atoms with Crippen LogP contribution in [0.5, 0.6) is 0 Å². The SMILES string of the molecule is CN(C)c1ccc([C@H]2C3=C(CC(C)(C)CC3=O)Nc3c2c(=O)n(C)c(=O)n3C)cc1. The van der Waals surface area contributed by atoms with Crippen molar-refractivity contribution >= 4 is 17.3 Å². The molecule has 0 radical (unpaired) electrons. The predicted octanol–water partition coefficient (Wildman–Crippen LogP) is 2.35. The first-order chi connectivity index (χ1) is 14.0. The number of rotatable bonds is 2. The summed E-state index contributed by atoms with van der Waals surface area (Å²) in [5, 5.41) is 3.29. The molecule has 1 aromatic heterocycles. The fourth-order valence-corrected chi connectivity index (χ4v) is 4.65. The number of benzene rings is 1. The number of allylic oxidation sites excluding steroid dienone is 2. The first kappa shape index (κ1) is 20.2. The maximum Gasteiger partial charge on any atom is 0.332 e. The molecule has 0 amide bonds. The van der Waals surface area contributed by atoms with Crippen molar-refractivity contribution in [1.29, 1.82) is 0 Å². The number of nitrogens with one attached hydrogen (secondary N) is 1. The van der Waals surface area contributed by atoms with Crippen molar-refractivity contribution in [3.8, 4) is 0 Å². The lowest BCUT2D eigenvalue weighted by atomic mass is 9.69. The van der Waals surface area contributed by atoms with Crippen LogP contribution in [-0.4, -0.2) is 29.0 Å². The largest absolute Gasteiger partial charge is 0.378 e. The minimum absolute atomic E-state index is 0.0528. The number of carbonyl (C=O) groups excluding carboxylic acids is 1. The number of nitrogens with zero attached hydrogens (tertiary/aromatic N) is 3. The molecule has 1 atom stereocenters. The van der Waals surface area contributed by atoms with Crippen LogP contribution < -0.4 is 21.5 Å². The summed E-state index contributed by atoms with van der Waals surface area (Å²) in [5.74, 6) is 0.0348. The molecular weight excluding hydrogens is 380 g/mol. The van der Waals surface area contributed by atoms with Crippen molar-refractivity contribution in [2.24, 2.45) is 19.5 Å². The molecule has 4 rings (SSSR count). The number of anilines is 2. The Labute approximate surface area is 175 Å². The number of hydrogen-bond acceptors (Lipinski definition) is 5. The Kier molecular flexibility index (Phi) is 4.52. The normalized spacial score (nSPS) is 19.8. The van der Waals surface area contributed by atoms with Gasteiger partial charge in [0.05, 0.1) is 5.56 Å². The summed E-state index contributed by atoms with van der Waals surface area (Å²) < 4.78 is 2.58. The monoisotopic (exact) mass is 408 g/mol. The second-order valence-electron chi connectivity index (χ2n) is 9.35. The second kappa shape index (κ2) is 6.72. The van der Waals surface area contributed by atoms with Gasteiger partial charge < -0.3 is 10.2 Å². The van der Waals surface area contributed by atoms with E-state index in [1.165, 1.54) is 11.6 Å². The average molecular weight is 409 g/mol. The standard InChI is InChI=1S/C23H28N4O3/c1-23(2)11-15-18(16(28)12-23)17(13-7-9-14(10-8-13)25(3)4)19-20(24-15)26(5)22(30)27(6)21(19)29/h7-10,17,24H,11-12H2,1-6H3/t17-/m0/s1. The van der Waals surface area contributed by atoms with Gasteiger partial charge in [0, 0.05) is 57.5 Å². The molecule has 2 aromatic rings. The number of hydrogen-bond donors (Lipinski definition) is 1. The summed E-state index contributed by atoms with van der Waals surface area (Å²) in [6.07, 6.45) is 1.12. The van der Waals surface area contributed by atoms with E-state index in [1.54, 1.807) is 7.05 Å². The van der Waals surface area contributed by atoms with Crippen molar-refractivity contribution in [3.05, 3.63) is 67.5 Å². The molecule has 0 saturated carbocycles. The van der Waals surface area contributed by atoms with Gasteiger partial charge in [0.25, 0.3) is 5.56 Å². The highest BCUT2D eigenvalue weighted by Crippen LogP contribution is 2.47. The molecule has 158 valence electrons.